The molecule has 1 N–H and O–H groups in total. The van der Waals surface area contributed by atoms with Gasteiger partial charge in [-0.25, -0.2) is 9.59 Å². The van der Waals surface area contributed by atoms with Crippen molar-refractivity contribution in [3.63, 3.8) is 0 Å². The molecule has 2 heterocycles. The van der Waals surface area contributed by atoms with Crippen molar-refractivity contribution in [2.45, 2.75) is 19.8 Å². The largest absolute Gasteiger partial charge is 0.465 e. The molecule has 0 unspecified atom stereocenters. The van der Waals surface area contributed by atoms with Crippen LogP contribution in [-0.2, 0) is 19.1 Å². The summed E-state index contributed by atoms with van der Waals surface area (Å²) in [4.78, 5) is 61.7. The number of hydrogen-bond donors (Lipinski definition) is 1. The molecule has 2 aromatic rings. The third kappa shape index (κ3) is 3.81. The second kappa shape index (κ2) is 8.46. The summed E-state index contributed by atoms with van der Waals surface area (Å²) in [7, 11) is 2.41. The Morgan fingerprint density at radius 2 is 1.53 bits per heavy atom. The van der Waals surface area contributed by atoms with Crippen LogP contribution in [0, 0.1) is 6.92 Å². The van der Waals surface area contributed by atoms with Gasteiger partial charge in [0.05, 0.1) is 25.5 Å². The quantitative estimate of drug-likeness (QED) is 0.572. The maximum atomic E-state index is 12.7. The molecular weight excluding hydrogens is 412 g/mol. The summed E-state index contributed by atoms with van der Waals surface area (Å²) < 4.78 is 9.47. The molecule has 1 aliphatic rings. The van der Waals surface area contributed by atoms with Gasteiger partial charge in [-0.1, -0.05) is 0 Å². The summed E-state index contributed by atoms with van der Waals surface area (Å²) in [6.07, 6.45) is 0.329. The Labute approximate surface area is 175 Å². The summed E-state index contributed by atoms with van der Waals surface area (Å²) in [5.41, 5.74) is 1.03. The molecule has 3 amide bonds. The van der Waals surface area contributed by atoms with Crippen LogP contribution in [0.1, 0.15) is 48.8 Å². The highest BCUT2D eigenvalue weighted by molar-refractivity contribution is 7.18. The highest BCUT2D eigenvalue weighted by Gasteiger charge is 2.30. The van der Waals surface area contributed by atoms with Crippen LogP contribution < -0.4 is 10.2 Å². The fraction of sp³-hybridized carbons (Fsp3) is 0.250. The van der Waals surface area contributed by atoms with Gasteiger partial charge in [-0.15, -0.1) is 11.3 Å². The summed E-state index contributed by atoms with van der Waals surface area (Å²) in [6.45, 7) is 1.56. The molecule has 3 rings (SSSR count). The molecule has 30 heavy (non-hydrogen) atoms. The molecule has 0 bridgehead atoms. The monoisotopic (exact) mass is 430 g/mol. The molecule has 9 nitrogen and oxygen atoms in total. The van der Waals surface area contributed by atoms with Gasteiger partial charge < -0.3 is 14.8 Å². The number of amides is 3. The topological polar surface area (TPSA) is 119 Å². The summed E-state index contributed by atoms with van der Waals surface area (Å²) in [5, 5.41) is 2.76. The zero-order valence-electron chi connectivity index (χ0n) is 16.4. The van der Waals surface area contributed by atoms with Crippen LogP contribution in [0.2, 0.25) is 0 Å². The summed E-state index contributed by atoms with van der Waals surface area (Å²) in [6, 6.07) is 5.92. The average molecular weight is 430 g/mol. The molecule has 0 saturated carbocycles. The minimum absolute atomic E-state index is 0.0705. The van der Waals surface area contributed by atoms with Crippen molar-refractivity contribution in [1.82, 2.24) is 0 Å². The smallest absolute Gasteiger partial charge is 0.348 e. The molecule has 10 heteroatoms. The SMILES string of the molecule is COC(=O)c1sc(NC(=O)c2ccc(N3C(=O)CCC3=O)cc2)c(C(=O)OC)c1C. The van der Waals surface area contributed by atoms with Crippen molar-refractivity contribution >= 4 is 51.7 Å². The minimum atomic E-state index is -0.699. The Morgan fingerprint density at radius 1 is 0.967 bits per heavy atom. The lowest BCUT2D eigenvalue weighted by molar-refractivity contribution is -0.121. The number of rotatable bonds is 5. The van der Waals surface area contributed by atoms with Crippen molar-refractivity contribution in [2.75, 3.05) is 24.4 Å². The standard InChI is InChI=1S/C20H18N2O7S/c1-10-15(19(26)28-2)18(30-16(10)20(27)29-3)21-17(25)11-4-6-12(7-5-11)22-13(23)8-9-14(22)24/h4-7H,8-9H2,1-3H3,(H,21,25). The van der Waals surface area contributed by atoms with E-state index in [1.807, 2.05) is 0 Å². The lowest BCUT2D eigenvalue weighted by atomic mass is 10.1. The highest BCUT2D eigenvalue weighted by Crippen LogP contribution is 2.34. The maximum absolute atomic E-state index is 12.7. The predicted octanol–water partition coefficient (Wildman–Crippen LogP) is 2.54. The molecule has 1 aromatic heterocycles. The number of anilines is 2. The van der Waals surface area contributed by atoms with Crippen molar-refractivity contribution in [2.24, 2.45) is 0 Å². The number of thiophene rings is 1. The van der Waals surface area contributed by atoms with E-state index in [-0.39, 0.29) is 45.7 Å². The number of ether oxygens (including phenoxy) is 2. The molecule has 1 aromatic carbocycles. The van der Waals surface area contributed by atoms with Crippen molar-refractivity contribution in [3.05, 3.63) is 45.8 Å². The first-order valence-corrected chi connectivity index (χ1v) is 9.67. The number of carbonyl (C=O) groups is 5. The second-order valence-corrected chi connectivity index (χ2v) is 7.39. The zero-order chi connectivity index (χ0) is 22.0. The van der Waals surface area contributed by atoms with Crippen LogP contribution in [0.5, 0.6) is 0 Å². The van der Waals surface area contributed by atoms with Crippen LogP contribution >= 0.6 is 11.3 Å². The van der Waals surface area contributed by atoms with E-state index < -0.39 is 17.8 Å². The molecule has 1 saturated heterocycles. The summed E-state index contributed by atoms with van der Waals surface area (Å²) in [5.74, 6) is -2.44. The van der Waals surface area contributed by atoms with E-state index in [9.17, 15) is 24.0 Å². The van der Waals surface area contributed by atoms with Crippen LogP contribution in [0.4, 0.5) is 10.7 Å². The van der Waals surface area contributed by atoms with E-state index >= 15 is 0 Å². The van der Waals surface area contributed by atoms with E-state index in [2.05, 4.69) is 5.32 Å². The molecule has 1 aliphatic heterocycles. The Kier molecular flexibility index (Phi) is 5.97. The summed E-state index contributed by atoms with van der Waals surface area (Å²) >= 11 is 0.905. The van der Waals surface area contributed by atoms with Crippen LogP contribution in [-0.4, -0.2) is 43.9 Å². The van der Waals surface area contributed by atoms with E-state index in [1.54, 1.807) is 6.92 Å². The van der Waals surface area contributed by atoms with Crippen molar-refractivity contribution in [3.8, 4) is 0 Å². The number of nitrogens with one attached hydrogen (secondary N) is 1. The van der Waals surface area contributed by atoms with Gasteiger partial charge in [-0.3, -0.25) is 19.3 Å². The molecule has 156 valence electrons. The number of benzene rings is 1. The highest BCUT2D eigenvalue weighted by atomic mass is 32.1. The van der Waals surface area contributed by atoms with Gasteiger partial charge in [0.25, 0.3) is 5.91 Å². The lowest BCUT2D eigenvalue weighted by Crippen LogP contribution is -2.28. The number of imide groups is 1. The van der Waals surface area contributed by atoms with E-state index in [0.29, 0.717) is 11.3 Å². The van der Waals surface area contributed by atoms with E-state index in [4.69, 9.17) is 9.47 Å². The Morgan fingerprint density at radius 3 is 2.07 bits per heavy atom. The molecule has 0 radical (unpaired) electrons. The molecule has 0 aliphatic carbocycles. The number of methoxy groups -OCH3 is 2. The van der Waals surface area contributed by atoms with Gasteiger partial charge in [-0.05, 0) is 36.8 Å². The van der Waals surface area contributed by atoms with Crippen LogP contribution in [0.15, 0.2) is 24.3 Å². The first-order chi connectivity index (χ1) is 14.3. The van der Waals surface area contributed by atoms with Gasteiger partial charge in [0.2, 0.25) is 11.8 Å². The van der Waals surface area contributed by atoms with E-state index in [0.717, 1.165) is 16.2 Å². The van der Waals surface area contributed by atoms with Crippen molar-refractivity contribution < 1.29 is 33.4 Å². The lowest BCUT2D eigenvalue weighted by Gasteiger charge is -2.14. The molecule has 1 fully saturated rings. The van der Waals surface area contributed by atoms with Gasteiger partial charge in [0.1, 0.15) is 9.88 Å². The van der Waals surface area contributed by atoms with Crippen molar-refractivity contribution in [1.29, 1.82) is 0 Å². The normalized spacial score (nSPS) is 13.4. The molecular formula is C20H18N2O7S. The zero-order valence-corrected chi connectivity index (χ0v) is 17.3. The first-order valence-electron chi connectivity index (χ1n) is 8.85. The first kappa shape index (κ1) is 21.2. The fourth-order valence-electron chi connectivity index (χ4n) is 3.04. The van der Waals surface area contributed by atoms with Crippen LogP contribution in [0.3, 0.4) is 0 Å². The van der Waals surface area contributed by atoms with Gasteiger partial charge in [-0.2, -0.15) is 0 Å². The maximum Gasteiger partial charge on any atom is 0.348 e. The van der Waals surface area contributed by atoms with E-state index in [1.165, 1.54) is 38.5 Å². The third-order valence-electron chi connectivity index (χ3n) is 4.57. The third-order valence-corrected chi connectivity index (χ3v) is 5.76. The average Bonchev–Trinajstić information content (AvgIpc) is 3.25. The molecule has 0 spiro atoms. The minimum Gasteiger partial charge on any atom is -0.465 e. The number of esters is 2. The fourth-order valence-corrected chi connectivity index (χ4v) is 4.15. The van der Waals surface area contributed by atoms with Gasteiger partial charge in [0, 0.05) is 18.4 Å². The Balaban J connectivity index is 1.87. The second-order valence-electron chi connectivity index (χ2n) is 6.37. The number of nitrogens with zero attached hydrogens (tertiary/aromatic N) is 1. The molecule has 0 atom stereocenters. The Hall–Kier alpha value is -3.53. The van der Waals surface area contributed by atoms with Crippen LogP contribution in [0.25, 0.3) is 0 Å². The predicted molar refractivity (Wildman–Crippen MR) is 108 cm³/mol. The van der Waals surface area contributed by atoms with Gasteiger partial charge in [0.15, 0.2) is 0 Å². The number of carbonyl (C=O) groups excluding carboxylic acids is 5. The van der Waals surface area contributed by atoms with Gasteiger partial charge >= 0.3 is 11.9 Å². The number of hydrogen-bond acceptors (Lipinski definition) is 8. The Bertz CT molecular complexity index is 1040.